The van der Waals surface area contributed by atoms with Gasteiger partial charge in [0.2, 0.25) is 0 Å². The Labute approximate surface area is 128 Å². The lowest BCUT2D eigenvalue weighted by Gasteiger charge is -2.41. The van der Waals surface area contributed by atoms with Crippen LogP contribution in [0.5, 0.6) is 5.75 Å². The molecule has 1 heterocycles. The molecule has 0 atom stereocenters. The van der Waals surface area contributed by atoms with E-state index in [4.69, 9.17) is 10.00 Å². The lowest BCUT2D eigenvalue weighted by molar-refractivity contribution is 0.0850. The summed E-state index contributed by atoms with van der Waals surface area (Å²) in [6.45, 7) is 8.59. The van der Waals surface area contributed by atoms with Crippen molar-refractivity contribution in [1.82, 2.24) is 4.90 Å². The maximum absolute atomic E-state index is 9.04. The van der Waals surface area contributed by atoms with Crippen molar-refractivity contribution in [2.45, 2.75) is 39.5 Å². The van der Waals surface area contributed by atoms with Gasteiger partial charge in [-0.05, 0) is 43.5 Å². The summed E-state index contributed by atoms with van der Waals surface area (Å²) in [6, 6.07) is 9.62. The Balaban J connectivity index is 1.77. The van der Waals surface area contributed by atoms with Crippen molar-refractivity contribution in [3.63, 3.8) is 0 Å². The van der Waals surface area contributed by atoms with Gasteiger partial charge in [0, 0.05) is 6.54 Å². The molecule has 21 heavy (non-hydrogen) atoms. The quantitative estimate of drug-likeness (QED) is 0.797. The zero-order valence-electron chi connectivity index (χ0n) is 13.3. The zero-order valence-corrected chi connectivity index (χ0v) is 13.3. The number of para-hydroxylation sites is 1. The van der Waals surface area contributed by atoms with Gasteiger partial charge in [-0.15, -0.1) is 0 Å². The van der Waals surface area contributed by atoms with E-state index in [1.807, 2.05) is 18.2 Å². The molecule has 1 fully saturated rings. The molecule has 0 aromatic heterocycles. The molecule has 1 aliphatic heterocycles. The van der Waals surface area contributed by atoms with Crippen LogP contribution in [0.3, 0.4) is 0 Å². The van der Waals surface area contributed by atoms with Gasteiger partial charge in [-0.3, -0.25) is 4.90 Å². The summed E-state index contributed by atoms with van der Waals surface area (Å²) in [5.74, 6) is 0.702. The highest BCUT2D eigenvalue weighted by Crippen LogP contribution is 2.37. The van der Waals surface area contributed by atoms with Crippen LogP contribution >= 0.6 is 0 Å². The van der Waals surface area contributed by atoms with Gasteiger partial charge in [0.1, 0.15) is 18.4 Å². The van der Waals surface area contributed by atoms with Crippen LogP contribution in [0.2, 0.25) is 0 Å². The lowest BCUT2D eigenvalue weighted by Crippen LogP contribution is -2.41. The largest absolute Gasteiger partial charge is 0.491 e. The van der Waals surface area contributed by atoms with Crippen molar-refractivity contribution in [2.75, 3.05) is 26.2 Å². The Morgan fingerprint density at radius 2 is 1.86 bits per heavy atom. The van der Waals surface area contributed by atoms with Crippen molar-refractivity contribution in [1.29, 1.82) is 5.26 Å². The van der Waals surface area contributed by atoms with Crippen LogP contribution in [0.25, 0.3) is 0 Å². The number of piperidine rings is 1. The molecule has 1 aromatic carbocycles. The summed E-state index contributed by atoms with van der Waals surface area (Å²) in [5.41, 5.74) is 1.19. The molecule has 1 aliphatic rings. The van der Waals surface area contributed by atoms with E-state index < -0.39 is 0 Å². The van der Waals surface area contributed by atoms with Crippen LogP contribution in [-0.4, -0.2) is 31.1 Å². The van der Waals surface area contributed by atoms with Gasteiger partial charge in [-0.2, -0.15) is 5.26 Å². The molecule has 3 heteroatoms. The highest BCUT2D eigenvalue weighted by atomic mass is 16.5. The van der Waals surface area contributed by atoms with Gasteiger partial charge in [0.15, 0.2) is 0 Å². The van der Waals surface area contributed by atoms with E-state index in [-0.39, 0.29) is 0 Å². The van der Waals surface area contributed by atoms with Gasteiger partial charge >= 0.3 is 0 Å². The molecule has 0 unspecified atom stereocenters. The third-order valence-corrected chi connectivity index (χ3v) is 5.09. The number of nitrogens with zero attached hydrogens (tertiary/aromatic N) is 2. The SMILES string of the molecule is CCC1(CC)CCN(CCOc2ccccc2C#N)CC1. The van der Waals surface area contributed by atoms with E-state index in [0.29, 0.717) is 23.3 Å². The van der Waals surface area contributed by atoms with Crippen LogP contribution in [0.4, 0.5) is 0 Å². The number of rotatable bonds is 6. The van der Waals surface area contributed by atoms with Crippen molar-refractivity contribution < 1.29 is 4.74 Å². The second-order valence-corrected chi connectivity index (χ2v) is 6.01. The predicted octanol–water partition coefficient (Wildman–Crippen LogP) is 3.84. The molecule has 114 valence electrons. The molecule has 1 saturated heterocycles. The van der Waals surface area contributed by atoms with Crippen molar-refractivity contribution in [3.05, 3.63) is 29.8 Å². The summed E-state index contributed by atoms with van der Waals surface area (Å²) in [6.07, 6.45) is 5.19. The van der Waals surface area contributed by atoms with E-state index in [0.717, 1.165) is 6.54 Å². The summed E-state index contributed by atoms with van der Waals surface area (Å²) in [5, 5.41) is 9.04. The smallest absolute Gasteiger partial charge is 0.137 e. The second kappa shape index (κ2) is 7.47. The van der Waals surface area contributed by atoms with Gasteiger partial charge in [0.25, 0.3) is 0 Å². The van der Waals surface area contributed by atoms with Crippen LogP contribution in [0.1, 0.15) is 45.1 Å². The first-order valence-electron chi connectivity index (χ1n) is 8.07. The monoisotopic (exact) mass is 286 g/mol. The average molecular weight is 286 g/mol. The number of likely N-dealkylation sites (tertiary alicyclic amines) is 1. The molecule has 0 N–H and O–H groups in total. The fourth-order valence-electron chi connectivity index (χ4n) is 3.18. The average Bonchev–Trinajstić information content (AvgIpc) is 2.56. The summed E-state index contributed by atoms with van der Waals surface area (Å²) in [4.78, 5) is 2.48. The van der Waals surface area contributed by atoms with Gasteiger partial charge in [-0.25, -0.2) is 0 Å². The standard InChI is InChI=1S/C18H26N2O/c1-3-18(4-2)9-11-20(12-10-18)13-14-21-17-8-6-5-7-16(17)15-19/h5-8H,3-4,9-14H2,1-2H3. The van der Waals surface area contributed by atoms with E-state index in [2.05, 4.69) is 24.8 Å². The molecule has 0 radical (unpaired) electrons. The van der Waals surface area contributed by atoms with E-state index in [1.54, 1.807) is 6.07 Å². The molecule has 0 spiro atoms. The molecule has 3 nitrogen and oxygen atoms in total. The number of ether oxygens (including phenoxy) is 1. The fourth-order valence-corrected chi connectivity index (χ4v) is 3.18. The van der Waals surface area contributed by atoms with Crippen LogP contribution in [-0.2, 0) is 0 Å². The van der Waals surface area contributed by atoms with Crippen LogP contribution in [0.15, 0.2) is 24.3 Å². The Morgan fingerprint density at radius 3 is 2.48 bits per heavy atom. The third-order valence-electron chi connectivity index (χ3n) is 5.09. The van der Waals surface area contributed by atoms with E-state index in [9.17, 15) is 0 Å². The minimum absolute atomic E-state index is 0.574. The zero-order chi connectivity index (χ0) is 15.1. The topological polar surface area (TPSA) is 36.3 Å². The second-order valence-electron chi connectivity index (χ2n) is 6.01. The van der Waals surface area contributed by atoms with Crippen molar-refractivity contribution in [3.8, 4) is 11.8 Å². The summed E-state index contributed by atoms with van der Waals surface area (Å²) >= 11 is 0. The van der Waals surface area contributed by atoms with Crippen molar-refractivity contribution in [2.24, 2.45) is 5.41 Å². The Hall–Kier alpha value is -1.53. The molecule has 1 aromatic rings. The fraction of sp³-hybridized carbons (Fsp3) is 0.611. The number of hydrogen-bond donors (Lipinski definition) is 0. The third kappa shape index (κ3) is 3.98. The first-order valence-corrected chi connectivity index (χ1v) is 8.07. The molecule has 0 bridgehead atoms. The molecular weight excluding hydrogens is 260 g/mol. The van der Waals surface area contributed by atoms with E-state index >= 15 is 0 Å². The Bertz CT molecular complexity index is 478. The summed E-state index contributed by atoms with van der Waals surface area (Å²) in [7, 11) is 0. The molecular formula is C18H26N2O. The lowest BCUT2D eigenvalue weighted by atomic mass is 9.74. The molecule has 0 aliphatic carbocycles. The highest BCUT2D eigenvalue weighted by molar-refractivity contribution is 5.42. The first-order chi connectivity index (χ1) is 10.2. The molecule has 0 amide bonds. The first kappa shape index (κ1) is 15.9. The maximum atomic E-state index is 9.04. The van der Waals surface area contributed by atoms with Crippen molar-refractivity contribution >= 4 is 0 Å². The number of benzene rings is 1. The Morgan fingerprint density at radius 1 is 1.19 bits per heavy atom. The highest BCUT2D eigenvalue weighted by Gasteiger charge is 2.30. The van der Waals surface area contributed by atoms with Gasteiger partial charge < -0.3 is 4.74 Å². The van der Waals surface area contributed by atoms with Crippen LogP contribution in [0, 0.1) is 16.7 Å². The minimum atomic E-state index is 0.574. The summed E-state index contributed by atoms with van der Waals surface area (Å²) < 4.78 is 5.77. The molecule has 0 saturated carbocycles. The minimum Gasteiger partial charge on any atom is -0.491 e. The van der Waals surface area contributed by atoms with Gasteiger partial charge in [-0.1, -0.05) is 38.8 Å². The van der Waals surface area contributed by atoms with Gasteiger partial charge in [0.05, 0.1) is 5.56 Å². The number of nitriles is 1. The maximum Gasteiger partial charge on any atom is 0.137 e. The van der Waals surface area contributed by atoms with Crippen LogP contribution < -0.4 is 4.74 Å². The predicted molar refractivity (Wildman–Crippen MR) is 85.3 cm³/mol. The van der Waals surface area contributed by atoms with E-state index in [1.165, 1.54) is 38.8 Å². The normalized spacial score (nSPS) is 18.1. The molecule has 2 rings (SSSR count). The number of hydrogen-bond acceptors (Lipinski definition) is 3. The Kier molecular flexibility index (Phi) is 5.64.